The third-order valence-electron chi connectivity index (χ3n) is 5.71. The van der Waals surface area contributed by atoms with Crippen LogP contribution in [0.5, 0.6) is 5.75 Å². The highest BCUT2D eigenvalue weighted by molar-refractivity contribution is 7.91. The molecule has 2 unspecified atom stereocenters. The molecule has 2 N–H and O–H groups in total. The molecule has 2 aliphatic rings. The number of fused-ring (bicyclic) bond motifs is 1. The van der Waals surface area contributed by atoms with Gasteiger partial charge in [-0.15, -0.1) is 0 Å². The summed E-state index contributed by atoms with van der Waals surface area (Å²) in [7, 11) is -3.83. The van der Waals surface area contributed by atoms with Crippen molar-refractivity contribution >= 4 is 27.3 Å². The quantitative estimate of drug-likeness (QED) is 0.475. The van der Waals surface area contributed by atoms with Gasteiger partial charge >= 0.3 is 0 Å². The van der Waals surface area contributed by atoms with Crippen LogP contribution >= 0.6 is 11.6 Å². The zero-order valence-corrected chi connectivity index (χ0v) is 18.1. The van der Waals surface area contributed by atoms with Gasteiger partial charge in [-0.25, -0.2) is 13.9 Å². The molecule has 4 rings (SSSR count). The molecule has 1 saturated heterocycles. The molecule has 0 radical (unpaired) electrons. The van der Waals surface area contributed by atoms with Gasteiger partial charge in [0.25, 0.3) is 5.91 Å². The molecule has 10 heteroatoms. The van der Waals surface area contributed by atoms with Crippen LogP contribution in [0, 0.1) is 5.41 Å². The smallest absolute Gasteiger partial charge is 0.250 e. The summed E-state index contributed by atoms with van der Waals surface area (Å²) in [6, 6.07) is 13.2. The number of carbonyl (C=O) groups is 1. The Bertz CT molecular complexity index is 1030. The maximum Gasteiger partial charge on any atom is 0.250 e. The van der Waals surface area contributed by atoms with E-state index in [-0.39, 0.29) is 36.7 Å². The van der Waals surface area contributed by atoms with Crippen molar-refractivity contribution in [3.8, 4) is 5.75 Å². The monoisotopic (exact) mass is 467 g/mol. The van der Waals surface area contributed by atoms with Gasteiger partial charge in [-0.3, -0.25) is 10.0 Å². The molecule has 2 fully saturated rings. The maximum atomic E-state index is 13.1. The number of rotatable bonds is 7. The first kappa shape index (κ1) is 22.0. The number of carbonyl (C=O) groups excluding carboxylic acids is 1. The highest BCUT2D eigenvalue weighted by atomic mass is 35.5. The van der Waals surface area contributed by atoms with Gasteiger partial charge in [0.05, 0.1) is 28.3 Å². The van der Waals surface area contributed by atoms with Crippen molar-refractivity contribution in [3.63, 3.8) is 0 Å². The van der Waals surface area contributed by atoms with Gasteiger partial charge in [0.1, 0.15) is 19.1 Å². The van der Waals surface area contributed by atoms with E-state index in [0.29, 0.717) is 17.4 Å². The Morgan fingerprint density at radius 3 is 2.29 bits per heavy atom. The zero-order chi connectivity index (χ0) is 22.1. The summed E-state index contributed by atoms with van der Waals surface area (Å²) in [5.41, 5.74) is 1.21. The number of hydrogen-bond donors (Lipinski definition) is 2. The maximum absolute atomic E-state index is 13.1. The minimum absolute atomic E-state index is 0.0651. The van der Waals surface area contributed by atoms with E-state index in [1.54, 1.807) is 29.7 Å². The van der Waals surface area contributed by atoms with Gasteiger partial charge in [0.2, 0.25) is 0 Å². The third-order valence-corrected chi connectivity index (χ3v) is 7.89. The molecule has 0 aromatic heterocycles. The fourth-order valence-corrected chi connectivity index (χ4v) is 6.03. The van der Waals surface area contributed by atoms with Crippen molar-refractivity contribution in [2.75, 3.05) is 12.5 Å². The van der Waals surface area contributed by atoms with Crippen LogP contribution < -0.4 is 10.2 Å². The average molecular weight is 468 g/mol. The minimum atomic E-state index is -3.83. The zero-order valence-electron chi connectivity index (χ0n) is 16.5. The van der Waals surface area contributed by atoms with E-state index < -0.39 is 26.9 Å². The topological polar surface area (TPSA) is 111 Å². The molecule has 0 spiro atoms. The summed E-state index contributed by atoms with van der Waals surface area (Å²) < 4.78 is 42.7. The summed E-state index contributed by atoms with van der Waals surface area (Å²) in [4.78, 5) is 12.5. The number of halogens is 1. The fraction of sp³-hybridized carbons (Fsp3) is 0.381. The lowest BCUT2D eigenvalue weighted by Gasteiger charge is -2.27. The van der Waals surface area contributed by atoms with Crippen molar-refractivity contribution < 1.29 is 32.6 Å². The Balaban J connectivity index is 1.46. The second kappa shape index (κ2) is 8.76. The lowest BCUT2D eigenvalue weighted by atomic mass is 9.87. The van der Waals surface area contributed by atoms with Crippen LogP contribution in [0.4, 0.5) is 0 Å². The number of hydroxylamine groups is 1. The standard InChI is InChI=1S/C21H22ClNO7S/c22-15-3-1-14(2-4-15)11-28-16-5-7-17(8-6-16)31(26,27)12-21(20(24)23-25)9-18-19(10-21)30-13-29-18/h1-8,18-19,25H,9-13H2,(H,23,24). The molecule has 166 valence electrons. The van der Waals surface area contributed by atoms with Gasteiger partial charge in [-0.1, -0.05) is 23.7 Å². The molecule has 1 saturated carbocycles. The average Bonchev–Trinajstić information content (AvgIpc) is 3.32. The van der Waals surface area contributed by atoms with Crippen LogP contribution in [0.15, 0.2) is 53.4 Å². The number of hydrogen-bond acceptors (Lipinski definition) is 7. The van der Waals surface area contributed by atoms with Gasteiger partial charge in [-0.2, -0.15) is 0 Å². The Hall–Kier alpha value is -2.17. The molecule has 31 heavy (non-hydrogen) atoms. The van der Waals surface area contributed by atoms with Crippen molar-refractivity contribution in [3.05, 3.63) is 59.1 Å². The molecular formula is C21H22ClNO7S. The lowest BCUT2D eigenvalue weighted by Crippen LogP contribution is -2.43. The van der Waals surface area contributed by atoms with E-state index in [1.165, 1.54) is 12.1 Å². The Kier molecular flexibility index (Phi) is 6.23. The van der Waals surface area contributed by atoms with Crippen molar-refractivity contribution in [1.82, 2.24) is 5.48 Å². The Labute approximate surface area is 184 Å². The van der Waals surface area contributed by atoms with E-state index in [0.717, 1.165) is 5.56 Å². The number of nitrogens with one attached hydrogen (secondary N) is 1. The Morgan fingerprint density at radius 2 is 1.71 bits per heavy atom. The van der Waals surface area contributed by atoms with Crippen molar-refractivity contribution in [2.24, 2.45) is 5.41 Å². The first-order chi connectivity index (χ1) is 14.8. The van der Waals surface area contributed by atoms with E-state index in [1.807, 2.05) is 12.1 Å². The normalized spacial score (nSPS) is 25.2. The van der Waals surface area contributed by atoms with Crippen molar-refractivity contribution in [1.29, 1.82) is 0 Å². The minimum Gasteiger partial charge on any atom is -0.489 e. The summed E-state index contributed by atoms with van der Waals surface area (Å²) in [5.74, 6) is -0.702. The molecule has 1 aliphatic heterocycles. The first-order valence-electron chi connectivity index (χ1n) is 9.69. The molecule has 1 heterocycles. The first-order valence-corrected chi connectivity index (χ1v) is 11.7. The summed E-state index contributed by atoms with van der Waals surface area (Å²) in [6.07, 6.45) is -0.413. The summed E-state index contributed by atoms with van der Waals surface area (Å²) >= 11 is 5.87. The number of benzene rings is 2. The number of amides is 1. The summed E-state index contributed by atoms with van der Waals surface area (Å²) in [5, 5.41) is 9.83. The molecule has 2 aromatic carbocycles. The van der Waals surface area contributed by atoms with Gasteiger partial charge < -0.3 is 14.2 Å². The SMILES string of the molecule is O=C(NO)C1(CS(=O)(=O)c2ccc(OCc3ccc(Cl)cc3)cc2)CC2OCOC2C1. The van der Waals surface area contributed by atoms with Gasteiger partial charge in [-0.05, 0) is 54.8 Å². The van der Waals surface area contributed by atoms with E-state index in [4.69, 9.17) is 25.8 Å². The summed E-state index contributed by atoms with van der Waals surface area (Å²) in [6.45, 7) is 0.433. The predicted molar refractivity (Wildman–Crippen MR) is 110 cm³/mol. The molecular weight excluding hydrogens is 446 g/mol. The lowest BCUT2D eigenvalue weighted by molar-refractivity contribution is -0.140. The van der Waals surface area contributed by atoms with Crippen LogP contribution in [0.2, 0.25) is 5.02 Å². The van der Waals surface area contributed by atoms with Crippen LogP contribution in [0.1, 0.15) is 18.4 Å². The van der Waals surface area contributed by atoms with Crippen molar-refractivity contribution in [2.45, 2.75) is 36.6 Å². The molecule has 2 aromatic rings. The van der Waals surface area contributed by atoms with Gasteiger partial charge in [0.15, 0.2) is 9.84 Å². The third kappa shape index (κ3) is 4.70. The number of sulfone groups is 1. The van der Waals surface area contributed by atoms with E-state index >= 15 is 0 Å². The highest BCUT2D eigenvalue weighted by Gasteiger charge is 2.55. The fourth-order valence-electron chi connectivity index (χ4n) is 4.09. The van der Waals surface area contributed by atoms with Crippen LogP contribution in [-0.2, 0) is 30.7 Å². The van der Waals surface area contributed by atoms with E-state index in [2.05, 4.69) is 0 Å². The molecule has 2 atom stereocenters. The second-order valence-corrected chi connectivity index (χ2v) is 10.2. The predicted octanol–water partition coefficient (Wildman–Crippen LogP) is 2.72. The molecule has 8 nitrogen and oxygen atoms in total. The molecule has 1 aliphatic carbocycles. The van der Waals surface area contributed by atoms with Crippen LogP contribution in [0.25, 0.3) is 0 Å². The second-order valence-electron chi connectivity index (χ2n) is 7.80. The van der Waals surface area contributed by atoms with Crippen LogP contribution in [-0.4, -0.2) is 44.3 Å². The largest absolute Gasteiger partial charge is 0.489 e. The van der Waals surface area contributed by atoms with E-state index in [9.17, 15) is 18.4 Å². The van der Waals surface area contributed by atoms with Gasteiger partial charge in [0, 0.05) is 5.02 Å². The van der Waals surface area contributed by atoms with Crippen LogP contribution in [0.3, 0.4) is 0 Å². The highest BCUT2D eigenvalue weighted by Crippen LogP contribution is 2.45. The molecule has 1 amide bonds. The molecule has 0 bridgehead atoms. The Morgan fingerprint density at radius 1 is 1.10 bits per heavy atom. The number of ether oxygens (including phenoxy) is 3.